The van der Waals surface area contributed by atoms with Gasteiger partial charge in [-0.15, -0.1) is 0 Å². The van der Waals surface area contributed by atoms with E-state index in [0.29, 0.717) is 0 Å². The van der Waals surface area contributed by atoms with Crippen LogP contribution in [0.4, 0.5) is 0 Å². The van der Waals surface area contributed by atoms with Gasteiger partial charge in [0.2, 0.25) is 5.91 Å². The molecule has 1 aromatic rings. The lowest BCUT2D eigenvalue weighted by atomic mass is 10.0. The normalized spacial score (nSPS) is 19.4. The van der Waals surface area contributed by atoms with E-state index in [1.165, 1.54) is 12.1 Å². The number of hydrogen-bond donors (Lipinski definition) is 2. The number of amides is 1. The third kappa shape index (κ3) is 4.06. The van der Waals surface area contributed by atoms with Crippen molar-refractivity contribution in [2.24, 2.45) is 0 Å². The third-order valence-electron chi connectivity index (χ3n) is 3.58. The summed E-state index contributed by atoms with van der Waals surface area (Å²) in [7, 11) is 0. The van der Waals surface area contributed by atoms with Crippen LogP contribution in [0.15, 0.2) is 6.07 Å². The molecule has 5 nitrogen and oxygen atoms in total. The summed E-state index contributed by atoms with van der Waals surface area (Å²) in [6, 6.07) is 2.09. The first-order valence-electron chi connectivity index (χ1n) is 7.19. The maximum atomic E-state index is 11.9. The van der Waals surface area contributed by atoms with Crippen LogP contribution in [-0.2, 0) is 11.3 Å². The van der Waals surface area contributed by atoms with Crippen molar-refractivity contribution in [3.63, 3.8) is 0 Å². The molecule has 0 aliphatic carbocycles. The number of hydrogen-bond acceptors (Lipinski definition) is 3. The van der Waals surface area contributed by atoms with E-state index in [0.717, 1.165) is 44.6 Å². The van der Waals surface area contributed by atoms with Crippen LogP contribution < -0.4 is 10.6 Å². The number of piperidine rings is 1. The smallest absolute Gasteiger partial charge is 0.237 e. The number of aromatic nitrogens is 2. The van der Waals surface area contributed by atoms with Crippen molar-refractivity contribution in [2.45, 2.75) is 52.1 Å². The molecular weight excluding hydrogens is 240 g/mol. The number of nitrogens with one attached hydrogen (secondary N) is 2. The average Bonchev–Trinajstić information content (AvgIpc) is 2.74. The molecule has 0 radical (unpaired) electrons. The van der Waals surface area contributed by atoms with Gasteiger partial charge >= 0.3 is 0 Å². The maximum Gasteiger partial charge on any atom is 0.237 e. The van der Waals surface area contributed by atoms with Crippen LogP contribution in [-0.4, -0.2) is 34.8 Å². The molecule has 2 heterocycles. The highest BCUT2D eigenvalue weighted by Gasteiger charge is 2.19. The number of carbonyl (C=O) groups excluding carboxylic acids is 1. The molecule has 0 aromatic carbocycles. The van der Waals surface area contributed by atoms with Crippen LogP contribution in [0.25, 0.3) is 0 Å². The van der Waals surface area contributed by atoms with Crippen LogP contribution in [0.5, 0.6) is 0 Å². The van der Waals surface area contributed by atoms with E-state index in [1.54, 1.807) is 0 Å². The molecule has 1 aromatic heterocycles. The summed E-state index contributed by atoms with van der Waals surface area (Å²) in [4.78, 5) is 11.9. The van der Waals surface area contributed by atoms with Crippen molar-refractivity contribution in [2.75, 3.05) is 13.1 Å². The molecule has 19 heavy (non-hydrogen) atoms. The lowest BCUT2D eigenvalue weighted by molar-refractivity contribution is -0.123. The molecule has 0 saturated carbocycles. The lowest BCUT2D eigenvalue weighted by Crippen LogP contribution is -2.46. The number of carbonyl (C=O) groups is 1. The van der Waals surface area contributed by atoms with Crippen LogP contribution >= 0.6 is 0 Å². The van der Waals surface area contributed by atoms with E-state index in [1.807, 2.05) is 11.6 Å². The Morgan fingerprint density at radius 2 is 2.37 bits per heavy atom. The van der Waals surface area contributed by atoms with Crippen molar-refractivity contribution < 1.29 is 4.79 Å². The molecular formula is C14H24N4O. The van der Waals surface area contributed by atoms with Gasteiger partial charge in [0.25, 0.3) is 0 Å². The summed E-state index contributed by atoms with van der Waals surface area (Å²) >= 11 is 0. The van der Waals surface area contributed by atoms with Gasteiger partial charge in [0.05, 0.1) is 11.7 Å². The van der Waals surface area contributed by atoms with Gasteiger partial charge in [-0.25, -0.2) is 0 Å². The molecule has 2 rings (SSSR count). The Bertz CT molecular complexity index is 421. The van der Waals surface area contributed by atoms with E-state index in [4.69, 9.17) is 0 Å². The predicted octanol–water partition coefficient (Wildman–Crippen LogP) is 1.15. The monoisotopic (exact) mass is 264 g/mol. The molecule has 2 N–H and O–H groups in total. The van der Waals surface area contributed by atoms with Gasteiger partial charge in [-0.2, -0.15) is 5.10 Å². The molecule has 1 amide bonds. The molecule has 0 spiro atoms. The minimum atomic E-state index is 0.0161. The number of aryl methyl sites for hydroxylation is 3. The van der Waals surface area contributed by atoms with Crippen molar-refractivity contribution in [3.05, 3.63) is 17.5 Å². The molecule has 1 fully saturated rings. The minimum absolute atomic E-state index is 0.0161. The lowest BCUT2D eigenvalue weighted by Gasteiger charge is -2.22. The van der Waals surface area contributed by atoms with Gasteiger partial charge in [0.15, 0.2) is 0 Å². The Kier molecular flexibility index (Phi) is 4.96. The molecule has 0 unspecified atom stereocenters. The van der Waals surface area contributed by atoms with Crippen molar-refractivity contribution in [3.8, 4) is 0 Å². The first-order chi connectivity index (χ1) is 9.16. The molecule has 1 aliphatic rings. The number of rotatable bonds is 5. The summed E-state index contributed by atoms with van der Waals surface area (Å²) in [5.41, 5.74) is 2.23. The van der Waals surface area contributed by atoms with Crippen LogP contribution in [0.1, 0.15) is 37.1 Å². The quantitative estimate of drug-likeness (QED) is 0.784. The second-order valence-electron chi connectivity index (χ2n) is 5.30. The minimum Gasteiger partial charge on any atom is -0.355 e. The summed E-state index contributed by atoms with van der Waals surface area (Å²) in [6.07, 6.45) is 4.21. The summed E-state index contributed by atoms with van der Waals surface area (Å²) in [5.74, 6) is 0.146. The van der Waals surface area contributed by atoms with E-state index < -0.39 is 0 Å². The third-order valence-corrected chi connectivity index (χ3v) is 3.58. The Hall–Kier alpha value is -1.36. The van der Waals surface area contributed by atoms with Gasteiger partial charge in [-0.3, -0.25) is 9.48 Å². The zero-order valence-electron chi connectivity index (χ0n) is 11.9. The van der Waals surface area contributed by atoms with Gasteiger partial charge in [0.1, 0.15) is 0 Å². The molecule has 0 bridgehead atoms. The highest BCUT2D eigenvalue weighted by atomic mass is 16.2. The zero-order valence-corrected chi connectivity index (χ0v) is 11.9. The molecule has 1 saturated heterocycles. The van der Waals surface area contributed by atoms with Gasteiger partial charge < -0.3 is 10.6 Å². The molecule has 1 aliphatic heterocycles. The maximum absolute atomic E-state index is 11.9. The summed E-state index contributed by atoms with van der Waals surface area (Å²) in [5, 5.41) is 10.7. The number of nitrogens with zero attached hydrogens (tertiary/aromatic N) is 2. The average molecular weight is 264 g/mol. The van der Waals surface area contributed by atoms with Gasteiger partial charge in [-0.1, -0.05) is 6.42 Å². The fourth-order valence-electron chi connectivity index (χ4n) is 2.54. The topological polar surface area (TPSA) is 59.0 Å². The SMILES string of the molecule is Cc1cc(C)n(CCCNC(=O)[C@@H]2CCCCN2)n1. The molecule has 106 valence electrons. The second-order valence-corrected chi connectivity index (χ2v) is 5.30. The Balaban J connectivity index is 1.66. The molecule has 5 heteroatoms. The van der Waals surface area contributed by atoms with Gasteiger partial charge in [0, 0.05) is 18.8 Å². The highest BCUT2D eigenvalue weighted by Crippen LogP contribution is 2.07. The van der Waals surface area contributed by atoms with E-state index >= 15 is 0 Å². The predicted molar refractivity (Wildman–Crippen MR) is 75.0 cm³/mol. The van der Waals surface area contributed by atoms with E-state index in [2.05, 4.69) is 28.7 Å². The Morgan fingerprint density at radius 1 is 1.53 bits per heavy atom. The highest BCUT2D eigenvalue weighted by molar-refractivity contribution is 5.81. The zero-order chi connectivity index (χ0) is 13.7. The largest absolute Gasteiger partial charge is 0.355 e. The van der Waals surface area contributed by atoms with E-state index in [-0.39, 0.29) is 11.9 Å². The fraction of sp³-hybridized carbons (Fsp3) is 0.714. The van der Waals surface area contributed by atoms with Crippen molar-refractivity contribution in [1.82, 2.24) is 20.4 Å². The van der Waals surface area contributed by atoms with Crippen LogP contribution in [0.3, 0.4) is 0 Å². The first-order valence-corrected chi connectivity index (χ1v) is 7.19. The standard InChI is InChI=1S/C14H24N4O/c1-11-10-12(2)18(17-11)9-5-8-16-14(19)13-6-3-4-7-15-13/h10,13,15H,3-9H2,1-2H3,(H,16,19)/t13-/m0/s1. The van der Waals surface area contributed by atoms with Crippen molar-refractivity contribution in [1.29, 1.82) is 0 Å². The Labute approximate surface area is 114 Å². The van der Waals surface area contributed by atoms with E-state index in [9.17, 15) is 4.79 Å². The Morgan fingerprint density at radius 3 is 3.00 bits per heavy atom. The van der Waals surface area contributed by atoms with Gasteiger partial charge in [-0.05, 0) is 45.7 Å². The van der Waals surface area contributed by atoms with Crippen LogP contribution in [0, 0.1) is 13.8 Å². The second kappa shape index (κ2) is 6.70. The molecule has 1 atom stereocenters. The van der Waals surface area contributed by atoms with Crippen LogP contribution in [0.2, 0.25) is 0 Å². The van der Waals surface area contributed by atoms with Crippen molar-refractivity contribution >= 4 is 5.91 Å². The summed E-state index contributed by atoms with van der Waals surface area (Å²) in [6.45, 7) is 6.60. The first kappa shape index (κ1) is 14.1. The fourth-order valence-corrected chi connectivity index (χ4v) is 2.54. The summed E-state index contributed by atoms with van der Waals surface area (Å²) < 4.78 is 2.00.